The number of benzene rings is 1. The molecule has 10 heteroatoms. The van der Waals surface area contributed by atoms with E-state index in [1.165, 1.54) is 19.2 Å². The Labute approximate surface area is 162 Å². The largest absolute Gasteiger partial charge is 0.434 e. The molecule has 0 unspecified atom stereocenters. The van der Waals surface area contributed by atoms with Gasteiger partial charge in [-0.25, -0.2) is 15.0 Å². The average molecular weight is 414 g/mol. The monoisotopic (exact) mass is 413 g/mol. The Morgan fingerprint density at radius 2 is 1.89 bits per heavy atom. The third kappa shape index (κ3) is 4.30. The standard InChI is InChI=1S/C17H15ClF3N5S/c1-9-23-15(17(19,20)21)14(27-9)12-6-7-22-16(25-12)24-10-4-5-13(26(2)3)11(18)8-10/h4-8H,1-3H3,(H,22,24,25). The maximum absolute atomic E-state index is 13.2. The zero-order valence-electron chi connectivity index (χ0n) is 14.6. The van der Waals surface area contributed by atoms with E-state index in [1.54, 1.807) is 12.1 Å². The predicted octanol–water partition coefficient (Wildman–Crippen LogP) is 5.39. The van der Waals surface area contributed by atoms with Crippen molar-refractivity contribution in [3.63, 3.8) is 0 Å². The van der Waals surface area contributed by atoms with Gasteiger partial charge in [-0.1, -0.05) is 11.6 Å². The fraction of sp³-hybridized carbons (Fsp3) is 0.235. The average Bonchev–Trinajstić information content (AvgIpc) is 2.97. The number of nitrogens with zero attached hydrogens (tertiary/aromatic N) is 4. The molecule has 0 saturated heterocycles. The number of rotatable bonds is 4. The molecule has 2 heterocycles. The van der Waals surface area contributed by atoms with Crippen LogP contribution >= 0.6 is 22.9 Å². The van der Waals surface area contributed by atoms with Crippen LogP contribution in [0.5, 0.6) is 0 Å². The van der Waals surface area contributed by atoms with Gasteiger partial charge in [0.2, 0.25) is 5.95 Å². The molecule has 1 aromatic carbocycles. The van der Waals surface area contributed by atoms with Gasteiger partial charge < -0.3 is 10.2 Å². The molecule has 0 aliphatic rings. The third-order valence-corrected chi connectivity index (χ3v) is 4.87. The van der Waals surface area contributed by atoms with Crippen LogP contribution in [0.15, 0.2) is 30.5 Å². The van der Waals surface area contributed by atoms with Crippen LogP contribution in [0, 0.1) is 6.92 Å². The summed E-state index contributed by atoms with van der Waals surface area (Å²) in [7, 11) is 3.74. The summed E-state index contributed by atoms with van der Waals surface area (Å²) in [6.45, 7) is 1.53. The van der Waals surface area contributed by atoms with Crippen LogP contribution in [0.2, 0.25) is 5.02 Å². The molecule has 0 aliphatic carbocycles. The molecular weight excluding hydrogens is 399 g/mol. The molecule has 0 fully saturated rings. The highest BCUT2D eigenvalue weighted by atomic mass is 35.5. The summed E-state index contributed by atoms with van der Waals surface area (Å²) < 4.78 is 39.6. The van der Waals surface area contributed by atoms with E-state index in [1.807, 2.05) is 25.1 Å². The van der Waals surface area contributed by atoms with Crippen molar-refractivity contribution in [2.24, 2.45) is 0 Å². The molecule has 0 atom stereocenters. The molecule has 0 saturated carbocycles. The topological polar surface area (TPSA) is 53.9 Å². The number of anilines is 3. The van der Waals surface area contributed by atoms with Crippen molar-refractivity contribution < 1.29 is 13.2 Å². The summed E-state index contributed by atoms with van der Waals surface area (Å²) in [5.41, 5.74) is 0.681. The summed E-state index contributed by atoms with van der Waals surface area (Å²) in [6.07, 6.45) is -3.15. The minimum absolute atomic E-state index is 0.0357. The van der Waals surface area contributed by atoms with Gasteiger partial charge >= 0.3 is 6.18 Å². The van der Waals surface area contributed by atoms with Crippen LogP contribution in [0.25, 0.3) is 10.6 Å². The fourth-order valence-corrected chi connectivity index (χ4v) is 3.67. The Kier molecular flexibility index (Phi) is 5.25. The van der Waals surface area contributed by atoms with Crippen molar-refractivity contribution in [1.29, 1.82) is 0 Å². The maximum atomic E-state index is 13.2. The van der Waals surface area contributed by atoms with E-state index >= 15 is 0 Å². The molecule has 27 heavy (non-hydrogen) atoms. The molecule has 142 valence electrons. The van der Waals surface area contributed by atoms with Crippen LogP contribution in [-0.4, -0.2) is 29.0 Å². The van der Waals surface area contributed by atoms with Crippen LogP contribution in [0.1, 0.15) is 10.7 Å². The van der Waals surface area contributed by atoms with Crippen molar-refractivity contribution >= 4 is 40.3 Å². The summed E-state index contributed by atoms with van der Waals surface area (Å²) in [5, 5.41) is 3.81. The number of nitrogens with one attached hydrogen (secondary N) is 1. The van der Waals surface area contributed by atoms with E-state index in [0.717, 1.165) is 17.0 Å². The smallest absolute Gasteiger partial charge is 0.376 e. The number of hydrogen-bond donors (Lipinski definition) is 1. The van der Waals surface area contributed by atoms with E-state index in [0.29, 0.717) is 15.7 Å². The van der Waals surface area contributed by atoms with E-state index in [2.05, 4.69) is 20.3 Å². The van der Waals surface area contributed by atoms with E-state index in [4.69, 9.17) is 11.6 Å². The Hall–Kier alpha value is -2.39. The highest BCUT2D eigenvalue weighted by Gasteiger charge is 2.37. The molecule has 5 nitrogen and oxygen atoms in total. The first-order valence-electron chi connectivity index (χ1n) is 7.77. The van der Waals surface area contributed by atoms with Gasteiger partial charge in [0, 0.05) is 26.0 Å². The lowest BCUT2D eigenvalue weighted by Crippen LogP contribution is -2.09. The molecular formula is C17H15ClF3N5S. The van der Waals surface area contributed by atoms with Crippen molar-refractivity contribution in [3.05, 3.63) is 46.2 Å². The zero-order valence-corrected chi connectivity index (χ0v) is 16.2. The Morgan fingerprint density at radius 1 is 1.15 bits per heavy atom. The minimum Gasteiger partial charge on any atom is -0.376 e. The fourth-order valence-electron chi connectivity index (χ4n) is 2.41. The molecule has 0 bridgehead atoms. The molecule has 3 aromatic rings. The first-order valence-corrected chi connectivity index (χ1v) is 8.96. The van der Waals surface area contributed by atoms with Crippen molar-refractivity contribution in [3.8, 4) is 10.6 Å². The number of alkyl halides is 3. The lowest BCUT2D eigenvalue weighted by molar-refractivity contribution is -0.140. The van der Waals surface area contributed by atoms with Gasteiger partial charge in [0.25, 0.3) is 0 Å². The van der Waals surface area contributed by atoms with E-state index < -0.39 is 11.9 Å². The Morgan fingerprint density at radius 3 is 2.52 bits per heavy atom. The Balaban J connectivity index is 1.93. The quantitative estimate of drug-likeness (QED) is 0.621. The maximum Gasteiger partial charge on any atom is 0.434 e. The first kappa shape index (κ1) is 19.4. The van der Waals surface area contributed by atoms with Gasteiger partial charge in [0.05, 0.1) is 26.3 Å². The number of aromatic nitrogens is 3. The van der Waals surface area contributed by atoms with Crippen LogP contribution < -0.4 is 10.2 Å². The van der Waals surface area contributed by atoms with Crippen LogP contribution in [0.3, 0.4) is 0 Å². The third-order valence-electron chi connectivity index (χ3n) is 3.58. The molecule has 0 amide bonds. The molecule has 0 aliphatic heterocycles. The Bertz CT molecular complexity index is 971. The first-order chi connectivity index (χ1) is 12.6. The van der Waals surface area contributed by atoms with Gasteiger partial charge in [-0.15, -0.1) is 11.3 Å². The zero-order chi connectivity index (χ0) is 19.8. The summed E-state index contributed by atoms with van der Waals surface area (Å²) in [6, 6.07) is 6.73. The van der Waals surface area contributed by atoms with Gasteiger partial charge in [-0.2, -0.15) is 13.2 Å². The molecule has 1 N–H and O–H groups in total. The van der Waals surface area contributed by atoms with Gasteiger partial charge in [0.1, 0.15) is 0 Å². The van der Waals surface area contributed by atoms with Crippen molar-refractivity contribution in [2.75, 3.05) is 24.3 Å². The van der Waals surface area contributed by atoms with E-state index in [9.17, 15) is 13.2 Å². The van der Waals surface area contributed by atoms with Crippen LogP contribution in [0.4, 0.5) is 30.5 Å². The molecule has 3 rings (SSSR count). The summed E-state index contributed by atoms with van der Waals surface area (Å²) in [4.78, 5) is 13.7. The number of hydrogen-bond acceptors (Lipinski definition) is 6. The number of aryl methyl sites for hydroxylation is 1. The van der Waals surface area contributed by atoms with E-state index in [-0.39, 0.29) is 16.5 Å². The second-order valence-electron chi connectivity index (χ2n) is 5.86. The van der Waals surface area contributed by atoms with Crippen LogP contribution in [-0.2, 0) is 6.18 Å². The normalized spacial score (nSPS) is 11.5. The lowest BCUT2D eigenvalue weighted by Gasteiger charge is -2.15. The highest BCUT2D eigenvalue weighted by Crippen LogP contribution is 2.39. The molecule has 0 spiro atoms. The summed E-state index contributed by atoms with van der Waals surface area (Å²) >= 11 is 7.18. The number of halogens is 4. The summed E-state index contributed by atoms with van der Waals surface area (Å²) in [5.74, 6) is 0.167. The van der Waals surface area contributed by atoms with Gasteiger partial charge in [-0.3, -0.25) is 0 Å². The second-order valence-corrected chi connectivity index (χ2v) is 7.47. The number of thiazole rings is 1. The van der Waals surface area contributed by atoms with Crippen molar-refractivity contribution in [2.45, 2.75) is 13.1 Å². The van der Waals surface area contributed by atoms with Gasteiger partial charge in [0.15, 0.2) is 5.69 Å². The molecule has 0 radical (unpaired) electrons. The highest BCUT2D eigenvalue weighted by molar-refractivity contribution is 7.15. The SMILES string of the molecule is Cc1nc(C(F)(F)F)c(-c2ccnc(Nc3ccc(N(C)C)c(Cl)c3)n2)s1. The second kappa shape index (κ2) is 7.32. The van der Waals surface area contributed by atoms with Crippen molar-refractivity contribution in [1.82, 2.24) is 15.0 Å². The van der Waals surface area contributed by atoms with Gasteiger partial charge in [-0.05, 0) is 31.2 Å². The predicted molar refractivity (Wildman–Crippen MR) is 102 cm³/mol. The molecule has 2 aromatic heterocycles. The lowest BCUT2D eigenvalue weighted by atomic mass is 10.2. The minimum atomic E-state index is -4.55.